The Morgan fingerprint density at radius 3 is 2.75 bits per heavy atom. The first kappa shape index (κ1) is 8.85. The van der Waals surface area contributed by atoms with Gasteiger partial charge in [-0.25, -0.2) is 0 Å². The zero-order valence-corrected chi connectivity index (χ0v) is 7.58. The van der Waals surface area contributed by atoms with Gasteiger partial charge < -0.3 is 4.74 Å². The Balaban J connectivity index is 2.91. The van der Waals surface area contributed by atoms with Crippen LogP contribution in [0.25, 0.3) is 6.08 Å². The molecule has 1 nitrogen and oxygen atoms in total. The summed E-state index contributed by atoms with van der Waals surface area (Å²) in [6.07, 6.45) is 4.06. The lowest BCUT2D eigenvalue weighted by Gasteiger charge is -2.05. The summed E-state index contributed by atoms with van der Waals surface area (Å²) in [4.78, 5) is 0. The van der Waals surface area contributed by atoms with E-state index in [1.165, 1.54) is 0 Å². The van der Waals surface area contributed by atoms with Gasteiger partial charge in [0.25, 0.3) is 0 Å². The van der Waals surface area contributed by atoms with Crippen LogP contribution < -0.4 is 4.74 Å². The molecule has 0 atom stereocenters. The first-order valence-electron chi connectivity index (χ1n) is 4.23. The van der Waals surface area contributed by atoms with Gasteiger partial charge in [-0.05, 0) is 19.9 Å². The molecule has 0 aliphatic carbocycles. The van der Waals surface area contributed by atoms with E-state index in [9.17, 15) is 0 Å². The molecule has 0 amide bonds. The third-order valence-corrected chi connectivity index (χ3v) is 1.57. The fraction of sp³-hybridized carbons (Fsp3) is 0.273. The summed E-state index contributed by atoms with van der Waals surface area (Å²) in [6.45, 7) is 4.71. The Bertz CT molecular complexity index is 263. The molecule has 1 aromatic rings. The average molecular weight is 162 g/mol. The quantitative estimate of drug-likeness (QED) is 0.663. The predicted molar refractivity (Wildman–Crippen MR) is 52.3 cm³/mol. The zero-order valence-electron chi connectivity index (χ0n) is 7.58. The summed E-state index contributed by atoms with van der Waals surface area (Å²) in [5.41, 5.74) is 1.14. The highest BCUT2D eigenvalue weighted by Gasteiger charge is 1.95. The van der Waals surface area contributed by atoms with Crippen LogP contribution in [0.15, 0.2) is 30.3 Å². The summed E-state index contributed by atoms with van der Waals surface area (Å²) in [7, 11) is 0. The van der Waals surface area contributed by atoms with Crippen LogP contribution >= 0.6 is 0 Å². The van der Waals surface area contributed by atoms with Crippen LogP contribution in [-0.4, -0.2) is 6.61 Å². The maximum Gasteiger partial charge on any atom is 0.126 e. The van der Waals surface area contributed by atoms with Crippen molar-refractivity contribution in [1.82, 2.24) is 0 Å². The molecular formula is C11H14O. The third kappa shape index (κ3) is 2.12. The molecule has 0 spiro atoms. The Morgan fingerprint density at radius 1 is 1.33 bits per heavy atom. The first-order valence-corrected chi connectivity index (χ1v) is 4.23. The molecule has 0 saturated heterocycles. The van der Waals surface area contributed by atoms with E-state index in [0.717, 1.165) is 11.3 Å². The first-order chi connectivity index (χ1) is 5.88. The fourth-order valence-electron chi connectivity index (χ4n) is 1.08. The van der Waals surface area contributed by atoms with Crippen molar-refractivity contribution >= 4 is 6.08 Å². The number of allylic oxidation sites excluding steroid dienone is 1. The van der Waals surface area contributed by atoms with Crippen LogP contribution in [-0.2, 0) is 0 Å². The Morgan fingerprint density at radius 2 is 2.08 bits per heavy atom. The van der Waals surface area contributed by atoms with Gasteiger partial charge >= 0.3 is 0 Å². The van der Waals surface area contributed by atoms with E-state index >= 15 is 0 Å². The van der Waals surface area contributed by atoms with Crippen LogP contribution in [0.2, 0.25) is 0 Å². The zero-order chi connectivity index (χ0) is 8.81. The predicted octanol–water partition coefficient (Wildman–Crippen LogP) is 3.12. The molecular weight excluding hydrogens is 148 g/mol. The highest BCUT2D eigenvalue weighted by atomic mass is 16.5. The van der Waals surface area contributed by atoms with Crippen LogP contribution in [0.1, 0.15) is 19.4 Å². The lowest BCUT2D eigenvalue weighted by molar-refractivity contribution is 0.339. The Kier molecular flexibility index (Phi) is 3.39. The fourth-order valence-corrected chi connectivity index (χ4v) is 1.08. The molecule has 0 aromatic heterocycles. The molecule has 0 fully saturated rings. The maximum absolute atomic E-state index is 5.44. The molecule has 12 heavy (non-hydrogen) atoms. The van der Waals surface area contributed by atoms with Gasteiger partial charge in [0, 0.05) is 5.56 Å². The van der Waals surface area contributed by atoms with Gasteiger partial charge in [-0.1, -0.05) is 30.4 Å². The number of rotatable bonds is 3. The monoisotopic (exact) mass is 162 g/mol. The summed E-state index contributed by atoms with van der Waals surface area (Å²) < 4.78 is 5.44. The number of benzene rings is 1. The minimum Gasteiger partial charge on any atom is -0.493 e. The normalized spacial score (nSPS) is 10.5. The van der Waals surface area contributed by atoms with E-state index in [1.807, 2.05) is 50.3 Å². The topological polar surface area (TPSA) is 9.23 Å². The van der Waals surface area contributed by atoms with Crippen LogP contribution in [0, 0.1) is 0 Å². The largest absolute Gasteiger partial charge is 0.493 e. The van der Waals surface area contributed by atoms with Crippen molar-refractivity contribution in [3.8, 4) is 5.75 Å². The van der Waals surface area contributed by atoms with E-state index in [0.29, 0.717) is 6.61 Å². The molecule has 0 N–H and O–H groups in total. The number of hydrogen-bond donors (Lipinski definition) is 0. The molecule has 0 bridgehead atoms. The smallest absolute Gasteiger partial charge is 0.126 e. The van der Waals surface area contributed by atoms with Gasteiger partial charge in [-0.2, -0.15) is 0 Å². The van der Waals surface area contributed by atoms with E-state index in [4.69, 9.17) is 4.74 Å². The van der Waals surface area contributed by atoms with Gasteiger partial charge in [0.15, 0.2) is 0 Å². The highest BCUT2D eigenvalue weighted by Crippen LogP contribution is 2.18. The van der Waals surface area contributed by atoms with Crippen molar-refractivity contribution in [1.29, 1.82) is 0 Å². The van der Waals surface area contributed by atoms with Gasteiger partial charge in [-0.3, -0.25) is 0 Å². The molecule has 0 radical (unpaired) electrons. The van der Waals surface area contributed by atoms with Crippen molar-refractivity contribution in [2.75, 3.05) is 6.61 Å². The van der Waals surface area contributed by atoms with Crippen molar-refractivity contribution in [3.63, 3.8) is 0 Å². The third-order valence-electron chi connectivity index (χ3n) is 1.57. The minimum absolute atomic E-state index is 0.717. The lowest BCUT2D eigenvalue weighted by atomic mass is 10.2. The number of hydrogen-bond acceptors (Lipinski definition) is 1. The standard InChI is InChI=1S/C11H14O/c1-3-7-10-8-5-6-9-11(10)12-4-2/h3,5-9H,4H2,1-2H3/b7-3-. The molecule has 0 aliphatic rings. The lowest BCUT2D eigenvalue weighted by Crippen LogP contribution is -1.92. The highest BCUT2D eigenvalue weighted by molar-refractivity contribution is 5.56. The molecule has 0 unspecified atom stereocenters. The van der Waals surface area contributed by atoms with Crippen LogP contribution in [0.3, 0.4) is 0 Å². The second kappa shape index (κ2) is 4.60. The summed E-state index contributed by atoms with van der Waals surface area (Å²) in [5.74, 6) is 0.957. The van der Waals surface area contributed by atoms with E-state index in [1.54, 1.807) is 0 Å². The second-order valence-electron chi connectivity index (χ2n) is 2.47. The SMILES string of the molecule is C/C=C\c1ccccc1OCC. The van der Waals surface area contributed by atoms with Gasteiger partial charge in [0.05, 0.1) is 6.61 Å². The van der Waals surface area contributed by atoms with Gasteiger partial charge in [-0.15, -0.1) is 0 Å². The second-order valence-corrected chi connectivity index (χ2v) is 2.47. The Labute approximate surface area is 73.7 Å². The molecule has 64 valence electrons. The van der Waals surface area contributed by atoms with E-state index in [-0.39, 0.29) is 0 Å². The van der Waals surface area contributed by atoms with Gasteiger partial charge in [0.2, 0.25) is 0 Å². The van der Waals surface area contributed by atoms with Crippen molar-refractivity contribution in [2.24, 2.45) is 0 Å². The van der Waals surface area contributed by atoms with Gasteiger partial charge in [0.1, 0.15) is 5.75 Å². The average Bonchev–Trinajstić information content (AvgIpc) is 2.09. The van der Waals surface area contributed by atoms with Crippen LogP contribution in [0.4, 0.5) is 0 Å². The summed E-state index contributed by atoms with van der Waals surface area (Å²) in [6, 6.07) is 8.03. The van der Waals surface area contributed by atoms with Crippen molar-refractivity contribution in [3.05, 3.63) is 35.9 Å². The van der Waals surface area contributed by atoms with Crippen molar-refractivity contribution in [2.45, 2.75) is 13.8 Å². The van der Waals surface area contributed by atoms with E-state index in [2.05, 4.69) is 0 Å². The number of para-hydroxylation sites is 1. The minimum atomic E-state index is 0.717. The van der Waals surface area contributed by atoms with E-state index < -0.39 is 0 Å². The summed E-state index contributed by atoms with van der Waals surface area (Å²) >= 11 is 0. The molecule has 0 heterocycles. The van der Waals surface area contributed by atoms with Crippen molar-refractivity contribution < 1.29 is 4.74 Å². The number of ether oxygens (including phenoxy) is 1. The molecule has 1 rings (SSSR count). The maximum atomic E-state index is 5.44. The molecule has 1 aromatic carbocycles. The summed E-state index contributed by atoms with van der Waals surface area (Å²) in [5, 5.41) is 0. The Hall–Kier alpha value is -1.24. The molecule has 0 aliphatic heterocycles. The molecule has 1 heteroatoms. The molecule has 0 saturated carbocycles. The van der Waals surface area contributed by atoms with Crippen LogP contribution in [0.5, 0.6) is 5.75 Å².